The number of carbonyl (C=O) groups is 1. The van der Waals surface area contributed by atoms with E-state index in [1.807, 2.05) is 17.5 Å². The lowest BCUT2D eigenvalue weighted by Crippen LogP contribution is -2.40. The Labute approximate surface area is 164 Å². The maximum atomic E-state index is 13.6. The van der Waals surface area contributed by atoms with Crippen molar-refractivity contribution < 1.29 is 17.6 Å². The van der Waals surface area contributed by atoms with Crippen LogP contribution in [0.1, 0.15) is 10.5 Å². The van der Waals surface area contributed by atoms with Crippen molar-refractivity contribution in [3.8, 4) is 10.6 Å². The van der Waals surface area contributed by atoms with Gasteiger partial charge in [-0.1, -0.05) is 6.07 Å². The maximum Gasteiger partial charge on any atom is 0.326 e. The monoisotopic (exact) mass is 421 g/mol. The summed E-state index contributed by atoms with van der Waals surface area (Å²) in [5, 5.41) is 11.4. The summed E-state index contributed by atoms with van der Waals surface area (Å²) in [6.07, 6.45) is 0. The number of fused-ring (bicyclic) bond motifs is 1. The van der Waals surface area contributed by atoms with Crippen LogP contribution < -0.4 is 13.9 Å². The third kappa shape index (κ3) is 3.12. The molecule has 1 amide bonds. The van der Waals surface area contributed by atoms with Crippen LogP contribution in [0.2, 0.25) is 0 Å². The first-order valence-electron chi connectivity index (χ1n) is 8.31. The minimum Gasteiger partial charge on any atom is -0.349 e. The predicted octanol–water partition coefficient (Wildman–Crippen LogP) is 2.21. The first-order valence-corrected chi connectivity index (χ1v) is 10.6. The zero-order valence-electron chi connectivity index (χ0n) is 14.7. The Hall–Kier alpha value is -2.92. The van der Waals surface area contributed by atoms with Gasteiger partial charge in [0, 0.05) is 19.7 Å². The number of H-pyrrole nitrogens is 1. The molecule has 28 heavy (non-hydrogen) atoms. The SMILES string of the molecule is CN1c2ccc(F)cc2N(CCNC(=O)c2cc(-c3cccs3)[nH]n2)S1(=O)=O. The van der Waals surface area contributed by atoms with E-state index >= 15 is 0 Å². The molecule has 0 saturated heterocycles. The number of rotatable bonds is 5. The summed E-state index contributed by atoms with van der Waals surface area (Å²) in [6, 6.07) is 9.22. The molecule has 0 spiro atoms. The number of nitrogens with one attached hydrogen (secondary N) is 2. The minimum atomic E-state index is -3.80. The Morgan fingerprint density at radius 1 is 1.29 bits per heavy atom. The van der Waals surface area contributed by atoms with Gasteiger partial charge in [0.1, 0.15) is 5.82 Å². The highest BCUT2D eigenvalue weighted by atomic mass is 32.2. The van der Waals surface area contributed by atoms with Gasteiger partial charge in [-0.2, -0.15) is 13.5 Å². The van der Waals surface area contributed by atoms with Gasteiger partial charge in [0.2, 0.25) is 0 Å². The Bertz CT molecular complexity index is 1130. The van der Waals surface area contributed by atoms with Crippen LogP contribution in [0.4, 0.5) is 15.8 Å². The van der Waals surface area contributed by atoms with Crippen LogP contribution in [-0.4, -0.2) is 44.7 Å². The molecule has 1 aliphatic heterocycles. The number of thiophene rings is 1. The van der Waals surface area contributed by atoms with Gasteiger partial charge < -0.3 is 5.32 Å². The number of anilines is 2. The summed E-state index contributed by atoms with van der Waals surface area (Å²) in [7, 11) is -2.40. The van der Waals surface area contributed by atoms with Crippen molar-refractivity contribution in [3.63, 3.8) is 0 Å². The molecule has 0 aliphatic carbocycles. The Morgan fingerprint density at radius 3 is 2.86 bits per heavy atom. The standard InChI is InChI=1S/C17H16FN5O3S2/c1-22-14-5-4-11(18)9-15(14)23(28(22,25)26)7-6-19-17(24)13-10-12(20-21-13)16-3-2-8-27-16/h2-5,8-10H,6-7H2,1H3,(H,19,24)(H,20,21). The normalized spacial score (nSPS) is 14.9. The van der Waals surface area contributed by atoms with Crippen molar-refractivity contribution in [2.24, 2.45) is 0 Å². The van der Waals surface area contributed by atoms with Crippen molar-refractivity contribution in [2.45, 2.75) is 0 Å². The zero-order chi connectivity index (χ0) is 19.9. The molecule has 0 saturated carbocycles. The number of amides is 1. The highest BCUT2D eigenvalue weighted by Gasteiger charge is 2.37. The van der Waals surface area contributed by atoms with E-state index in [9.17, 15) is 17.6 Å². The summed E-state index contributed by atoms with van der Waals surface area (Å²) >= 11 is 1.52. The summed E-state index contributed by atoms with van der Waals surface area (Å²) in [4.78, 5) is 13.3. The van der Waals surface area contributed by atoms with Gasteiger partial charge in [0.05, 0.1) is 28.5 Å². The molecule has 2 N–H and O–H groups in total. The van der Waals surface area contributed by atoms with Crippen molar-refractivity contribution >= 4 is 38.8 Å². The number of benzene rings is 1. The van der Waals surface area contributed by atoms with Crippen LogP contribution in [0.5, 0.6) is 0 Å². The van der Waals surface area contributed by atoms with E-state index in [4.69, 9.17) is 0 Å². The molecule has 146 valence electrons. The van der Waals surface area contributed by atoms with Gasteiger partial charge in [-0.05, 0) is 29.6 Å². The van der Waals surface area contributed by atoms with E-state index in [-0.39, 0.29) is 24.5 Å². The molecule has 0 atom stereocenters. The van der Waals surface area contributed by atoms with E-state index in [0.29, 0.717) is 5.69 Å². The molecule has 0 radical (unpaired) electrons. The quantitative estimate of drug-likeness (QED) is 0.660. The summed E-state index contributed by atoms with van der Waals surface area (Å²) in [5.41, 5.74) is 1.57. The average Bonchev–Trinajstić information content (AvgIpc) is 3.38. The van der Waals surface area contributed by atoms with Crippen LogP contribution in [0.3, 0.4) is 0 Å². The largest absolute Gasteiger partial charge is 0.349 e. The number of nitrogens with zero attached hydrogens (tertiary/aromatic N) is 3. The third-order valence-electron chi connectivity index (χ3n) is 4.37. The lowest BCUT2D eigenvalue weighted by molar-refractivity contribution is 0.0950. The molecule has 4 rings (SSSR count). The van der Waals surface area contributed by atoms with Crippen molar-refractivity contribution in [1.29, 1.82) is 0 Å². The van der Waals surface area contributed by atoms with Crippen LogP contribution in [0.25, 0.3) is 10.6 Å². The molecule has 3 aromatic rings. The third-order valence-corrected chi connectivity index (χ3v) is 7.10. The smallest absolute Gasteiger partial charge is 0.326 e. The lowest BCUT2D eigenvalue weighted by atomic mass is 10.2. The number of hydrogen-bond donors (Lipinski definition) is 2. The molecule has 8 nitrogen and oxygen atoms in total. The van der Waals surface area contributed by atoms with E-state index in [2.05, 4.69) is 15.5 Å². The lowest BCUT2D eigenvalue weighted by Gasteiger charge is -2.19. The van der Waals surface area contributed by atoms with Gasteiger partial charge in [0.15, 0.2) is 5.69 Å². The molecule has 0 bridgehead atoms. The number of aromatic nitrogens is 2. The molecule has 11 heteroatoms. The molecule has 1 aliphatic rings. The summed E-state index contributed by atoms with van der Waals surface area (Å²) in [5.74, 6) is -0.959. The first-order chi connectivity index (χ1) is 13.4. The second kappa shape index (κ2) is 6.91. The van der Waals surface area contributed by atoms with E-state index in [1.165, 1.54) is 36.6 Å². The first kappa shape index (κ1) is 18.4. The zero-order valence-corrected chi connectivity index (χ0v) is 16.3. The average molecular weight is 421 g/mol. The molecule has 1 aromatic carbocycles. The molecule has 3 heterocycles. The topological polar surface area (TPSA) is 98.4 Å². The Kier molecular flexibility index (Phi) is 4.55. The summed E-state index contributed by atoms with van der Waals surface area (Å²) in [6.45, 7) is 0.0140. The van der Waals surface area contributed by atoms with Gasteiger partial charge in [-0.15, -0.1) is 11.3 Å². The Morgan fingerprint density at radius 2 is 2.11 bits per heavy atom. The van der Waals surface area contributed by atoms with Crippen LogP contribution >= 0.6 is 11.3 Å². The highest BCUT2D eigenvalue weighted by Crippen LogP contribution is 2.39. The number of halogens is 1. The van der Waals surface area contributed by atoms with Crippen LogP contribution in [0.15, 0.2) is 41.8 Å². The van der Waals surface area contributed by atoms with Gasteiger partial charge in [0.25, 0.3) is 5.91 Å². The van der Waals surface area contributed by atoms with Crippen molar-refractivity contribution in [3.05, 3.63) is 53.3 Å². The summed E-state index contributed by atoms with van der Waals surface area (Å²) < 4.78 is 40.8. The van der Waals surface area contributed by atoms with Crippen molar-refractivity contribution in [2.75, 3.05) is 28.7 Å². The number of carbonyl (C=O) groups excluding carboxylic acids is 1. The second-order valence-electron chi connectivity index (χ2n) is 6.08. The van der Waals surface area contributed by atoms with Gasteiger partial charge in [-0.25, -0.2) is 8.70 Å². The van der Waals surface area contributed by atoms with E-state index in [1.54, 1.807) is 6.07 Å². The van der Waals surface area contributed by atoms with Gasteiger partial charge >= 0.3 is 10.2 Å². The molecular weight excluding hydrogens is 405 g/mol. The molecule has 0 unspecified atom stereocenters. The minimum absolute atomic E-state index is 0.0307. The number of aromatic amines is 1. The molecular formula is C17H16FN5O3S2. The number of hydrogen-bond acceptors (Lipinski definition) is 5. The fraction of sp³-hybridized carbons (Fsp3) is 0.176. The fourth-order valence-electron chi connectivity index (χ4n) is 2.95. The molecule has 2 aromatic heterocycles. The Balaban J connectivity index is 1.44. The molecule has 0 fully saturated rings. The second-order valence-corrected chi connectivity index (χ2v) is 8.91. The van der Waals surface area contributed by atoms with E-state index < -0.39 is 21.9 Å². The van der Waals surface area contributed by atoms with Crippen LogP contribution in [0, 0.1) is 5.82 Å². The highest BCUT2D eigenvalue weighted by molar-refractivity contribution is 7.94. The van der Waals surface area contributed by atoms with E-state index in [0.717, 1.165) is 19.2 Å². The van der Waals surface area contributed by atoms with Gasteiger partial charge in [-0.3, -0.25) is 14.2 Å². The fourth-order valence-corrected chi connectivity index (χ4v) is 5.06. The van der Waals surface area contributed by atoms with Crippen LogP contribution in [-0.2, 0) is 10.2 Å². The predicted molar refractivity (Wildman–Crippen MR) is 105 cm³/mol. The maximum absolute atomic E-state index is 13.6. The van der Waals surface area contributed by atoms with Crippen molar-refractivity contribution in [1.82, 2.24) is 15.5 Å².